The fourth-order valence-corrected chi connectivity index (χ4v) is 3.02. The first kappa shape index (κ1) is 14.4. The van der Waals surface area contributed by atoms with Gasteiger partial charge in [0, 0.05) is 51.0 Å². The minimum atomic E-state index is 0.127. The van der Waals surface area contributed by atoms with Gasteiger partial charge in [-0.05, 0) is 30.2 Å². The van der Waals surface area contributed by atoms with Crippen molar-refractivity contribution in [2.75, 3.05) is 56.2 Å². The van der Waals surface area contributed by atoms with Gasteiger partial charge < -0.3 is 15.0 Å². The molecule has 0 aromatic heterocycles. The number of nitrogens with zero attached hydrogens (tertiary/aromatic N) is 2. The van der Waals surface area contributed by atoms with Crippen molar-refractivity contribution in [3.05, 3.63) is 23.8 Å². The summed E-state index contributed by atoms with van der Waals surface area (Å²) < 4.78 is 5.35. The Morgan fingerprint density at radius 2 is 2.10 bits per heavy atom. The molecule has 21 heavy (non-hydrogen) atoms. The summed E-state index contributed by atoms with van der Waals surface area (Å²) in [6.45, 7) is 8.17. The van der Waals surface area contributed by atoms with Gasteiger partial charge in [0.2, 0.25) is 5.91 Å². The molecule has 114 valence electrons. The Labute approximate surface area is 125 Å². The highest BCUT2D eigenvalue weighted by atomic mass is 16.5. The molecule has 1 N–H and O–H groups in total. The van der Waals surface area contributed by atoms with Crippen LogP contribution in [0.15, 0.2) is 18.2 Å². The third kappa shape index (κ3) is 3.36. The monoisotopic (exact) mass is 289 g/mol. The molecule has 0 radical (unpaired) electrons. The molecule has 0 saturated carbocycles. The molecule has 1 saturated heterocycles. The van der Waals surface area contributed by atoms with Crippen molar-refractivity contribution in [1.82, 2.24) is 4.90 Å². The van der Waals surface area contributed by atoms with Gasteiger partial charge in [0.15, 0.2) is 0 Å². The minimum Gasteiger partial charge on any atom is -0.384 e. The average Bonchev–Trinajstić information content (AvgIpc) is 2.91. The van der Waals surface area contributed by atoms with E-state index in [-0.39, 0.29) is 5.91 Å². The van der Waals surface area contributed by atoms with Gasteiger partial charge in [0.05, 0.1) is 13.2 Å². The second-order valence-corrected chi connectivity index (χ2v) is 5.64. The van der Waals surface area contributed by atoms with E-state index in [1.165, 1.54) is 5.56 Å². The third-order valence-electron chi connectivity index (χ3n) is 4.22. The van der Waals surface area contributed by atoms with Gasteiger partial charge >= 0.3 is 0 Å². The number of morpholine rings is 1. The molecule has 1 fully saturated rings. The molecule has 2 aliphatic heterocycles. The first-order valence-corrected chi connectivity index (χ1v) is 7.69. The maximum Gasteiger partial charge on any atom is 0.223 e. The maximum absolute atomic E-state index is 11.5. The van der Waals surface area contributed by atoms with Crippen molar-refractivity contribution < 1.29 is 9.53 Å². The van der Waals surface area contributed by atoms with E-state index < -0.39 is 0 Å². The van der Waals surface area contributed by atoms with E-state index in [9.17, 15) is 4.79 Å². The fraction of sp³-hybridized carbons (Fsp3) is 0.562. The van der Waals surface area contributed by atoms with Crippen molar-refractivity contribution in [3.63, 3.8) is 0 Å². The van der Waals surface area contributed by atoms with Crippen LogP contribution < -0.4 is 10.2 Å². The second kappa shape index (κ2) is 6.45. The number of anilines is 2. The molecule has 1 amide bonds. The zero-order valence-electron chi connectivity index (χ0n) is 12.6. The van der Waals surface area contributed by atoms with Crippen molar-refractivity contribution in [1.29, 1.82) is 0 Å². The highest BCUT2D eigenvalue weighted by Crippen LogP contribution is 2.30. The summed E-state index contributed by atoms with van der Waals surface area (Å²) in [5.41, 5.74) is 3.48. The van der Waals surface area contributed by atoms with Crippen LogP contribution in [0.4, 0.5) is 11.4 Å². The molecule has 0 aliphatic carbocycles. The molecule has 3 rings (SSSR count). The van der Waals surface area contributed by atoms with E-state index in [1.807, 2.05) is 4.90 Å². The highest BCUT2D eigenvalue weighted by Gasteiger charge is 2.22. The topological polar surface area (TPSA) is 44.8 Å². The van der Waals surface area contributed by atoms with Crippen LogP contribution in [-0.4, -0.2) is 56.7 Å². The summed E-state index contributed by atoms with van der Waals surface area (Å²) in [6.07, 6.45) is 0.952. The lowest BCUT2D eigenvalue weighted by Gasteiger charge is -2.26. The number of ether oxygens (including phenoxy) is 1. The van der Waals surface area contributed by atoms with E-state index in [0.717, 1.165) is 63.7 Å². The molecule has 0 unspecified atom stereocenters. The molecule has 0 bridgehead atoms. The summed E-state index contributed by atoms with van der Waals surface area (Å²) in [6, 6.07) is 6.30. The number of hydrogen-bond donors (Lipinski definition) is 1. The summed E-state index contributed by atoms with van der Waals surface area (Å²) in [5, 5.41) is 3.48. The summed E-state index contributed by atoms with van der Waals surface area (Å²) >= 11 is 0. The van der Waals surface area contributed by atoms with Gasteiger partial charge in [-0.2, -0.15) is 0 Å². The average molecular weight is 289 g/mol. The van der Waals surface area contributed by atoms with E-state index in [2.05, 4.69) is 28.4 Å². The normalized spacial score (nSPS) is 18.6. The van der Waals surface area contributed by atoms with E-state index in [0.29, 0.717) is 0 Å². The predicted molar refractivity (Wildman–Crippen MR) is 83.9 cm³/mol. The van der Waals surface area contributed by atoms with E-state index in [1.54, 1.807) is 6.92 Å². The number of rotatable bonds is 4. The Morgan fingerprint density at radius 1 is 1.29 bits per heavy atom. The largest absolute Gasteiger partial charge is 0.384 e. The lowest BCUT2D eigenvalue weighted by Crippen LogP contribution is -2.39. The number of carbonyl (C=O) groups is 1. The first-order valence-electron chi connectivity index (χ1n) is 7.69. The van der Waals surface area contributed by atoms with Crippen LogP contribution in [0.3, 0.4) is 0 Å². The number of hydrogen-bond acceptors (Lipinski definition) is 4. The molecule has 5 nitrogen and oxygen atoms in total. The van der Waals surface area contributed by atoms with Crippen LogP contribution in [0.2, 0.25) is 0 Å². The van der Waals surface area contributed by atoms with Crippen LogP contribution in [0, 0.1) is 0 Å². The Balaban J connectivity index is 1.54. The molecule has 0 atom stereocenters. The van der Waals surface area contributed by atoms with Crippen LogP contribution in [0.5, 0.6) is 0 Å². The Hall–Kier alpha value is -1.59. The predicted octanol–water partition coefficient (Wildman–Crippen LogP) is 1.34. The highest BCUT2D eigenvalue weighted by molar-refractivity contribution is 5.94. The molecule has 0 spiro atoms. The van der Waals surface area contributed by atoms with Gasteiger partial charge in [-0.1, -0.05) is 0 Å². The van der Waals surface area contributed by atoms with E-state index in [4.69, 9.17) is 4.74 Å². The number of fused-ring (bicyclic) bond motifs is 1. The lowest BCUT2D eigenvalue weighted by molar-refractivity contribution is -0.116. The Morgan fingerprint density at radius 3 is 2.86 bits per heavy atom. The molecule has 1 aromatic rings. The smallest absolute Gasteiger partial charge is 0.223 e. The number of amides is 1. The van der Waals surface area contributed by atoms with Gasteiger partial charge in [0.1, 0.15) is 0 Å². The van der Waals surface area contributed by atoms with Crippen LogP contribution in [-0.2, 0) is 16.0 Å². The minimum absolute atomic E-state index is 0.127. The third-order valence-corrected chi connectivity index (χ3v) is 4.22. The molecular formula is C16H23N3O2. The first-order chi connectivity index (χ1) is 10.2. The van der Waals surface area contributed by atoms with Crippen molar-refractivity contribution in [3.8, 4) is 0 Å². The van der Waals surface area contributed by atoms with Crippen LogP contribution >= 0.6 is 0 Å². The lowest BCUT2D eigenvalue weighted by atomic mass is 10.1. The zero-order chi connectivity index (χ0) is 14.7. The van der Waals surface area contributed by atoms with Gasteiger partial charge in [0.25, 0.3) is 0 Å². The molecule has 2 aliphatic rings. The molecular weight excluding hydrogens is 266 g/mol. The van der Waals surface area contributed by atoms with Gasteiger partial charge in [-0.25, -0.2) is 0 Å². The van der Waals surface area contributed by atoms with Crippen molar-refractivity contribution >= 4 is 17.3 Å². The van der Waals surface area contributed by atoms with Crippen LogP contribution in [0.25, 0.3) is 0 Å². The van der Waals surface area contributed by atoms with Gasteiger partial charge in [-0.15, -0.1) is 0 Å². The molecule has 5 heteroatoms. The molecule has 1 aromatic carbocycles. The quantitative estimate of drug-likeness (QED) is 0.908. The molecule has 2 heterocycles. The Kier molecular flexibility index (Phi) is 4.41. The van der Waals surface area contributed by atoms with Crippen molar-refractivity contribution in [2.45, 2.75) is 13.3 Å². The van der Waals surface area contributed by atoms with Crippen LogP contribution in [0.1, 0.15) is 12.5 Å². The summed E-state index contributed by atoms with van der Waals surface area (Å²) in [5.74, 6) is 0.127. The number of benzene rings is 1. The van der Waals surface area contributed by atoms with E-state index >= 15 is 0 Å². The number of carbonyl (C=O) groups excluding carboxylic acids is 1. The van der Waals surface area contributed by atoms with Gasteiger partial charge in [-0.3, -0.25) is 9.69 Å². The summed E-state index contributed by atoms with van der Waals surface area (Å²) in [7, 11) is 0. The SMILES string of the molecule is CC(=O)N1CCc2cc(NCCN3CCOCC3)ccc21. The Bertz CT molecular complexity index is 512. The fourth-order valence-electron chi connectivity index (χ4n) is 3.02. The standard InChI is InChI=1S/C16H23N3O2/c1-13(20)19-6-4-14-12-15(2-3-16(14)19)17-5-7-18-8-10-21-11-9-18/h2-3,12,17H,4-11H2,1H3. The summed E-state index contributed by atoms with van der Waals surface area (Å²) in [4.78, 5) is 15.8. The number of nitrogens with one attached hydrogen (secondary N) is 1. The second-order valence-electron chi connectivity index (χ2n) is 5.64. The maximum atomic E-state index is 11.5. The zero-order valence-corrected chi connectivity index (χ0v) is 12.6. The van der Waals surface area contributed by atoms with Crippen molar-refractivity contribution in [2.24, 2.45) is 0 Å².